The van der Waals surface area contributed by atoms with Gasteiger partial charge in [-0.2, -0.15) is 0 Å². The van der Waals surface area contributed by atoms with Crippen LogP contribution in [0.2, 0.25) is 0 Å². The fourth-order valence-electron chi connectivity index (χ4n) is 3.53. The monoisotopic (exact) mass is 360 g/mol. The van der Waals surface area contributed by atoms with Crippen molar-refractivity contribution in [2.45, 2.75) is 11.0 Å². The lowest BCUT2D eigenvalue weighted by molar-refractivity contribution is 0.111. The molecule has 4 rings (SSSR count). The van der Waals surface area contributed by atoms with Crippen LogP contribution >= 0.6 is 0 Å². The minimum absolute atomic E-state index is 0.107. The molecule has 7 nitrogen and oxygen atoms in total. The van der Waals surface area contributed by atoms with Crippen LogP contribution in [0.5, 0.6) is 0 Å². The average Bonchev–Trinajstić information content (AvgIpc) is 3.23. The van der Waals surface area contributed by atoms with Crippen molar-refractivity contribution in [1.29, 1.82) is 0 Å². The molecule has 8 heteroatoms. The zero-order chi connectivity index (χ0) is 17.3. The standard InChI is InChI=1S/C17H20N4O3S/c22-25(23,14-5-2-1-3-6-14)20-9-13-12-24-16-11-21(10-15(13)16)17-18-7-4-8-19-17/h1-8,13,15-16,20H,9-12H2/t13-,15+,16+/m1/s1. The SMILES string of the molecule is O=S(=O)(NC[C@@H]1CO[C@H]2CN(c3ncccn3)C[C@@H]12)c1ccccc1. The van der Waals surface area contributed by atoms with Crippen LogP contribution in [0, 0.1) is 11.8 Å². The van der Waals surface area contributed by atoms with Crippen molar-refractivity contribution in [2.75, 3.05) is 31.1 Å². The molecule has 0 saturated carbocycles. The molecule has 0 aliphatic carbocycles. The van der Waals surface area contributed by atoms with Gasteiger partial charge in [-0.3, -0.25) is 0 Å². The van der Waals surface area contributed by atoms with Gasteiger partial charge in [-0.15, -0.1) is 0 Å². The van der Waals surface area contributed by atoms with E-state index in [2.05, 4.69) is 19.6 Å². The van der Waals surface area contributed by atoms with Crippen molar-refractivity contribution in [1.82, 2.24) is 14.7 Å². The second-order valence-electron chi connectivity index (χ2n) is 6.41. The molecule has 0 bridgehead atoms. The highest BCUT2D eigenvalue weighted by atomic mass is 32.2. The van der Waals surface area contributed by atoms with Gasteiger partial charge in [-0.25, -0.2) is 23.1 Å². The number of nitrogens with zero attached hydrogens (tertiary/aromatic N) is 3. The Kier molecular flexibility index (Phi) is 4.41. The van der Waals surface area contributed by atoms with Crippen LogP contribution in [0.3, 0.4) is 0 Å². The Bertz CT molecular complexity index is 816. The quantitative estimate of drug-likeness (QED) is 0.853. The second kappa shape index (κ2) is 6.70. The molecule has 2 aromatic rings. The first-order valence-electron chi connectivity index (χ1n) is 8.32. The molecule has 2 saturated heterocycles. The van der Waals surface area contributed by atoms with Crippen molar-refractivity contribution in [3.63, 3.8) is 0 Å². The molecule has 1 aromatic carbocycles. The number of aromatic nitrogens is 2. The largest absolute Gasteiger partial charge is 0.376 e. The van der Waals surface area contributed by atoms with Gasteiger partial charge in [0.05, 0.1) is 17.6 Å². The van der Waals surface area contributed by atoms with Crippen LogP contribution in [0.4, 0.5) is 5.95 Å². The summed E-state index contributed by atoms with van der Waals surface area (Å²) < 4.78 is 33.4. The van der Waals surface area contributed by atoms with Gasteiger partial charge in [0, 0.05) is 43.9 Å². The Morgan fingerprint density at radius 2 is 1.88 bits per heavy atom. The van der Waals surface area contributed by atoms with Gasteiger partial charge in [0.2, 0.25) is 16.0 Å². The first-order chi connectivity index (χ1) is 12.1. The number of ether oxygens (including phenoxy) is 1. The molecular formula is C17H20N4O3S. The van der Waals surface area contributed by atoms with Gasteiger partial charge < -0.3 is 9.64 Å². The van der Waals surface area contributed by atoms with Crippen LogP contribution in [0.1, 0.15) is 0 Å². The van der Waals surface area contributed by atoms with Gasteiger partial charge in [-0.1, -0.05) is 18.2 Å². The second-order valence-corrected chi connectivity index (χ2v) is 8.18. The van der Waals surface area contributed by atoms with E-state index in [0.29, 0.717) is 19.1 Å². The highest BCUT2D eigenvalue weighted by molar-refractivity contribution is 7.89. The zero-order valence-electron chi connectivity index (χ0n) is 13.7. The number of rotatable bonds is 5. The molecule has 132 valence electrons. The van der Waals surface area contributed by atoms with Crippen LogP contribution in [-0.2, 0) is 14.8 Å². The highest BCUT2D eigenvalue weighted by Gasteiger charge is 2.44. The van der Waals surface area contributed by atoms with Crippen LogP contribution in [0.25, 0.3) is 0 Å². The Morgan fingerprint density at radius 1 is 1.12 bits per heavy atom. The van der Waals surface area contributed by atoms with Crippen molar-refractivity contribution < 1.29 is 13.2 Å². The maximum Gasteiger partial charge on any atom is 0.240 e. The number of nitrogens with one attached hydrogen (secondary N) is 1. The lowest BCUT2D eigenvalue weighted by Gasteiger charge is -2.19. The molecular weight excluding hydrogens is 340 g/mol. The minimum atomic E-state index is -3.49. The summed E-state index contributed by atoms with van der Waals surface area (Å²) >= 11 is 0. The van der Waals surface area contributed by atoms with E-state index in [9.17, 15) is 8.42 Å². The fraction of sp³-hybridized carbons (Fsp3) is 0.412. The topological polar surface area (TPSA) is 84.4 Å². The first kappa shape index (κ1) is 16.4. The summed E-state index contributed by atoms with van der Waals surface area (Å²) in [6.45, 7) is 2.49. The lowest BCUT2D eigenvalue weighted by atomic mass is 9.93. The van der Waals surface area contributed by atoms with E-state index in [0.717, 1.165) is 13.1 Å². The van der Waals surface area contributed by atoms with E-state index in [1.807, 2.05) is 0 Å². The number of hydrogen-bond donors (Lipinski definition) is 1. The zero-order valence-corrected chi connectivity index (χ0v) is 14.5. The fourth-order valence-corrected chi connectivity index (χ4v) is 4.64. The summed E-state index contributed by atoms with van der Waals surface area (Å²) in [4.78, 5) is 11.0. The molecule has 2 fully saturated rings. The van der Waals surface area contributed by atoms with E-state index < -0.39 is 10.0 Å². The molecule has 25 heavy (non-hydrogen) atoms. The van der Waals surface area contributed by atoms with E-state index in [1.54, 1.807) is 48.8 Å². The number of benzene rings is 1. The number of anilines is 1. The molecule has 0 amide bonds. The summed E-state index contributed by atoms with van der Waals surface area (Å²) in [5, 5.41) is 0. The van der Waals surface area contributed by atoms with Gasteiger partial charge >= 0.3 is 0 Å². The highest BCUT2D eigenvalue weighted by Crippen LogP contribution is 2.34. The van der Waals surface area contributed by atoms with E-state index in [4.69, 9.17) is 4.74 Å². The molecule has 1 aromatic heterocycles. The van der Waals surface area contributed by atoms with Crippen molar-refractivity contribution in [3.05, 3.63) is 48.8 Å². The summed E-state index contributed by atoms with van der Waals surface area (Å²) in [6, 6.07) is 10.2. The molecule has 2 aliphatic rings. The normalized spacial score (nSPS) is 25.9. The van der Waals surface area contributed by atoms with Gasteiger partial charge in [0.1, 0.15) is 0 Å². The molecule has 2 aliphatic heterocycles. The molecule has 0 radical (unpaired) electrons. The Morgan fingerprint density at radius 3 is 2.64 bits per heavy atom. The first-order valence-corrected chi connectivity index (χ1v) is 9.80. The lowest BCUT2D eigenvalue weighted by Crippen LogP contribution is -2.34. The van der Waals surface area contributed by atoms with Crippen molar-refractivity contribution >= 4 is 16.0 Å². The number of sulfonamides is 1. The number of fused-ring (bicyclic) bond motifs is 1. The summed E-state index contributed by atoms with van der Waals surface area (Å²) in [5.74, 6) is 1.13. The third-order valence-corrected chi connectivity index (χ3v) is 6.30. The van der Waals surface area contributed by atoms with Crippen molar-refractivity contribution in [2.24, 2.45) is 11.8 Å². The smallest absolute Gasteiger partial charge is 0.240 e. The molecule has 0 unspecified atom stereocenters. The Hall–Kier alpha value is -2.03. The van der Waals surface area contributed by atoms with Crippen LogP contribution < -0.4 is 9.62 Å². The Labute approximate surface area is 147 Å². The van der Waals surface area contributed by atoms with Gasteiger partial charge in [0.25, 0.3) is 0 Å². The third-order valence-electron chi connectivity index (χ3n) is 4.86. The molecule has 3 heterocycles. The third kappa shape index (κ3) is 3.37. The summed E-state index contributed by atoms with van der Waals surface area (Å²) in [7, 11) is -3.49. The van der Waals surface area contributed by atoms with E-state index in [-0.39, 0.29) is 22.8 Å². The predicted molar refractivity (Wildman–Crippen MR) is 92.6 cm³/mol. The predicted octanol–water partition coefficient (Wildman–Crippen LogP) is 0.906. The van der Waals surface area contributed by atoms with Gasteiger partial charge in [-0.05, 0) is 18.2 Å². The summed E-state index contributed by atoms with van der Waals surface area (Å²) in [6.07, 6.45) is 3.56. The van der Waals surface area contributed by atoms with E-state index in [1.165, 1.54) is 0 Å². The maximum atomic E-state index is 12.4. The molecule has 0 spiro atoms. The minimum Gasteiger partial charge on any atom is -0.376 e. The molecule has 1 N–H and O–H groups in total. The average molecular weight is 360 g/mol. The number of hydrogen-bond acceptors (Lipinski definition) is 6. The van der Waals surface area contributed by atoms with Gasteiger partial charge in [0.15, 0.2) is 0 Å². The van der Waals surface area contributed by atoms with Crippen molar-refractivity contribution in [3.8, 4) is 0 Å². The van der Waals surface area contributed by atoms with E-state index >= 15 is 0 Å². The van der Waals surface area contributed by atoms with Crippen LogP contribution in [0.15, 0.2) is 53.7 Å². The molecule has 3 atom stereocenters. The van der Waals surface area contributed by atoms with Crippen LogP contribution in [-0.4, -0.2) is 50.7 Å². The Balaban J connectivity index is 1.40. The summed E-state index contributed by atoms with van der Waals surface area (Å²) in [5.41, 5.74) is 0. The maximum absolute atomic E-state index is 12.4.